The van der Waals surface area contributed by atoms with Crippen LogP contribution in [-0.4, -0.2) is 38.0 Å². The molecule has 14 heavy (non-hydrogen) atoms. The van der Waals surface area contributed by atoms with E-state index in [9.17, 15) is 4.79 Å². The van der Waals surface area contributed by atoms with Crippen molar-refractivity contribution >= 4 is 6.09 Å². The van der Waals surface area contributed by atoms with Crippen LogP contribution in [-0.2, 0) is 9.47 Å². The number of amides is 1. The summed E-state index contributed by atoms with van der Waals surface area (Å²) in [6.45, 7) is 2.72. The van der Waals surface area contributed by atoms with Gasteiger partial charge in [-0.2, -0.15) is 0 Å². The summed E-state index contributed by atoms with van der Waals surface area (Å²) in [5.74, 6) is 0. The predicted octanol–water partition coefficient (Wildman–Crippen LogP) is 1.77. The molecule has 0 aromatic rings. The molecule has 0 aliphatic carbocycles. The van der Waals surface area contributed by atoms with Crippen molar-refractivity contribution in [3.05, 3.63) is 11.6 Å². The number of hydrogen-bond acceptors (Lipinski definition) is 3. The number of methoxy groups -OCH3 is 2. The molecule has 1 heterocycles. The van der Waals surface area contributed by atoms with Crippen LogP contribution in [0.2, 0.25) is 0 Å². The molecule has 0 saturated carbocycles. The summed E-state index contributed by atoms with van der Waals surface area (Å²) in [6.07, 6.45) is 3.33. The zero-order chi connectivity index (χ0) is 10.6. The lowest BCUT2D eigenvalue weighted by molar-refractivity contribution is -0.00825. The monoisotopic (exact) mass is 199 g/mol. The number of hydrogen-bond donors (Lipinski definition) is 0. The van der Waals surface area contributed by atoms with E-state index in [4.69, 9.17) is 9.47 Å². The van der Waals surface area contributed by atoms with Gasteiger partial charge < -0.3 is 9.47 Å². The number of nitrogens with zero attached hydrogens (tertiary/aromatic N) is 1. The fourth-order valence-corrected chi connectivity index (χ4v) is 1.71. The molecule has 1 amide bonds. The standard InChI is InChI=1S/C10H17NO3/c1-4-8-6-5-7-11(9(8)13-2)10(12)14-3/h6,9H,4-5,7H2,1-3H3. The molecule has 0 N–H and O–H groups in total. The van der Waals surface area contributed by atoms with Crippen molar-refractivity contribution in [3.63, 3.8) is 0 Å². The molecule has 4 heteroatoms. The second-order valence-corrected chi connectivity index (χ2v) is 3.17. The van der Waals surface area contributed by atoms with Crippen LogP contribution in [0.15, 0.2) is 11.6 Å². The first-order chi connectivity index (χ1) is 6.74. The summed E-state index contributed by atoms with van der Waals surface area (Å²) in [4.78, 5) is 13.0. The maximum atomic E-state index is 11.4. The first-order valence-electron chi connectivity index (χ1n) is 4.80. The van der Waals surface area contributed by atoms with Gasteiger partial charge in [0.25, 0.3) is 0 Å². The first-order valence-corrected chi connectivity index (χ1v) is 4.80. The minimum absolute atomic E-state index is 0.249. The van der Waals surface area contributed by atoms with Gasteiger partial charge >= 0.3 is 6.09 Å². The number of rotatable bonds is 2. The SMILES string of the molecule is CCC1=CCCN(C(=O)OC)C1OC. The third-order valence-corrected chi connectivity index (χ3v) is 2.42. The number of carbonyl (C=O) groups excluding carboxylic acids is 1. The van der Waals surface area contributed by atoms with Crippen molar-refractivity contribution in [3.8, 4) is 0 Å². The van der Waals surface area contributed by atoms with Gasteiger partial charge in [-0.1, -0.05) is 13.0 Å². The van der Waals surface area contributed by atoms with Crippen LogP contribution < -0.4 is 0 Å². The Hall–Kier alpha value is -1.03. The van der Waals surface area contributed by atoms with Crippen LogP contribution in [0.25, 0.3) is 0 Å². The Labute approximate surface area is 84.5 Å². The second kappa shape index (κ2) is 5.00. The highest BCUT2D eigenvalue weighted by molar-refractivity contribution is 5.68. The molecule has 1 atom stereocenters. The molecular formula is C10H17NO3. The Morgan fingerprint density at radius 1 is 1.64 bits per heavy atom. The Morgan fingerprint density at radius 2 is 2.36 bits per heavy atom. The average Bonchev–Trinajstić information content (AvgIpc) is 2.26. The molecule has 4 nitrogen and oxygen atoms in total. The molecule has 1 unspecified atom stereocenters. The van der Waals surface area contributed by atoms with Crippen molar-refractivity contribution in [2.45, 2.75) is 26.0 Å². The quantitative estimate of drug-likeness (QED) is 0.636. The van der Waals surface area contributed by atoms with Gasteiger partial charge in [0.05, 0.1) is 7.11 Å². The highest BCUT2D eigenvalue weighted by Crippen LogP contribution is 2.21. The molecule has 80 valence electrons. The Balaban J connectivity index is 2.78. The summed E-state index contributed by atoms with van der Waals surface area (Å²) in [5.41, 5.74) is 1.14. The zero-order valence-corrected chi connectivity index (χ0v) is 8.95. The van der Waals surface area contributed by atoms with E-state index < -0.39 is 0 Å². The van der Waals surface area contributed by atoms with E-state index in [2.05, 4.69) is 13.0 Å². The smallest absolute Gasteiger partial charge is 0.411 e. The summed E-state index contributed by atoms with van der Waals surface area (Å²) in [6, 6.07) is 0. The van der Waals surface area contributed by atoms with Gasteiger partial charge in [-0.05, 0) is 18.4 Å². The minimum Gasteiger partial charge on any atom is -0.453 e. The summed E-state index contributed by atoms with van der Waals surface area (Å²) in [7, 11) is 2.99. The van der Waals surface area contributed by atoms with E-state index in [0.29, 0.717) is 6.54 Å². The minimum atomic E-state index is -0.323. The van der Waals surface area contributed by atoms with Crippen LogP contribution in [0.1, 0.15) is 19.8 Å². The zero-order valence-electron chi connectivity index (χ0n) is 8.95. The Morgan fingerprint density at radius 3 is 2.86 bits per heavy atom. The Kier molecular flexibility index (Phi) is 3.95. The van der Waals surface area contributed by atoms with E-state index in [1.807, 2.05) is 0 Å². The first kappa shape index (κ1) is 11.0. The van der Waals surface area contributed by atoms with E-state index in [1.54, 1.807) is 12.0 Å². The van der Waals surface area contributed by atoms with Crippen molar-refractivity contribution in [1.82, 2.24) is 4.90 Å². The van der Waals surface area contributed by atoms with Crippen LogP contribution in [0.5, 0.6) is 0 Å². The van der Waals surface area contributed by atoms with E-state index in [-0.39, 0.29) is 12.3 Å². The summed E-state index contributed by atoms with van der Waals surface area (Å²) < 4.78 is 9.98. The van der Waals surface area contributed by atoms with E-state index in [1.165, 1.54) is 7.11 Å². The molecule has 0 spiro atoms. The van der Waals surface area contributed by atoms with Crippen LogP contribution in [0.3, 0.4) is 0 Å². The topological polar surface area (TPSA) is 38.8 Å². The molecule has 0 aromatic carbocycles. The van der Waals surface area contributed by atoms with Crippen molar-refractivity contribution < 1.29 is 14.3 Å². The van der Waals surface area contributed by atoms with Gasteiger partial charge in [0.2, 0.25) is 0 Å². The molecule has 1 aliphatic heterocycles. The van der Waals surface area contributed by atoms with Crippen LogP contribution >= 0.6 is 0 Å². The third kappa shape index (κ3) is 2.07. The molecule has 0 radical (unpaired) electrons. The van der Waals surface area contributed by atoms with Crippen LogP contribution in [0, 0.1) is 0 Å². The van der Waals surface area contributed by atoms with Crippen molar-refractivity contribution in [2.24, 2.45) is 0 Å². The lowest BCUT2D eigenvalue weighted by Gasteiger charge is -2.33. The maximum Gasteiger partial charge on any atom is 0.411 e. The summed E-state index contributed by atoms with van der Waals surface area (Å²) >= 11 is 0. The van der Waals surface area contributed by atoms with Gasteiger partial charge in [-0.15, -0.1) is 0 Å². The molecule has 0 aromatic heterocycles. The average molecular weight is 199 g/mol. The third-order valence-electron chi connectivity index (χ3n) is 2.42. The highest BCUT2D eigenvalue weighted by Gasteiger charge is 2.28. The lowest BCUT2D eigenvalue weighted by atomic mass is 10.1. The normalized spacial score (nSPS) is 21.8. The number of ether oxygens (including phenoxy) is 2. The van der Waals surface area contributed by atoms with Gasteiger partial charge in [0, 0.05) is 13.7 Å². The molecule has 1 rings (SSSR count). The molecular weight excluding hydrogens is 182 g/mol. The number of carbonyl (C=O) groups is 1. The van der Waals surface area contributed by atoms with Gasteiger partial charge in [-0.25, -0.2) is 4.79 Å². The van der Waals surface area contributed by atoms with Gasteiger partial charge in [0.1, 0.15) is 0 Å². The second-order valence-electron chi connectivity index (χ2n) is 3.17. The highest BCUT2D eigenvalue weighted by atomic mass is 16.6. The maximum absolute atomic E-state index is 11.4. The predicted molar refractivity (Wildman–Crippen MR) is 52.9 cm³/mol. The summed E-state index contributed by atoms with van der Waals surface area (Å²) in [5, 5.41) is 0. The fraction of sp³-hybridized carbons (Fsp3) is 0.700. The van der Waals surface area contributed by atoms with Crippen LogP contribution in [0.4, 0.5) is 4.79 Å². The largest absolute Gasteiger partial charge is 0.453 e. The molecule has 1 aliphatic rings. The van der Waals surface area contributed by atoms with Crippen molar-refractivity contribution in [2.75, 3.05) is 20.8 Å². The van der Waals surface area contributed by atoms with E-state index >= 15 is 0 Å². The fourth-order valence-electron chi connectivity index (χ4n) is 1.71. The van der Waals surface area contributed by atoms with Crippen molar-refractivity contribution in [1.29, 1.82) is 0 Å². The Bertz CT molecular complexity index is 238. The molecule has 0 saturated heterocycles. The van der Waals surface area contributed by atoms with Gasteiger partial charge in [-0.3, -0.25) is 4.90 Å². The lowest BCUT2D eigenvalue weighted by Crippen LogP contribution is -2.45. The van der Waals surface area contributed by atoms with Gasteiger partial charge in [0.15, 0.2) is 6.23 Å². The molecule has 0 bridgehead atoms. The van der Waals surface area contributed by atoms with E-state index in [0.717, 1.165) is 18.4 Å². The molecule has 0 fully saturated rings.